The van der Waals surface area contributed by atoms with E-state index in [-0.39, 0.29) is 28.9 Å². The second kappa shape index (κ2) is 4.61. The van der Waals surface area contributed by atoms with E-state index >= 15 is 0 Å². The van der Waals surface area contributed by atoms with E-state index in [1.165, 1.54) is 12.1 Å². The van der Waals surface area contributed by atoms with Crippen molar-refractivity contribution in [1.82, 2.24) is 4.90 Å². The molecule has 1 fully saturated rings. The summed E-state index contributed by atoms with van der Waals surface area (Å²) in [6.07, 6.45) is 1.90. The molecule has 96 valence electrons. The van der Waals surface area contributed by atoms with Gasteiger partial charge in [-0.1, -0.05) is 6.07 Å². The maximum absolute atomic E-state index is 12.2. The number of nitrogens with zero attached hydrogens (tertiary/aromatic N) is 2. The number of nitrogen functional groups attached to an aromatic ring is 1. The van der Waals surface area contributed by atoms with E-state index in [9.17, 15) is 14.9 Å². The van der Waals surface area contributed by atoms with Crippen molar-refractivity contribution in [2.45, 2.75) is 18.9 Å². The Hall–Kier alpha value is -2.15. The molecule has 0 atom stereocenters. The monoisotopic (exact) mass is 250 g/mol. The highest BCUT2D eigenvalue weighted by Crippen LogP contribution is 2.32. The molecule has 0 aliphatic heterocycles. The highest BCUT2D eigenvalue weighted by molar-refractivity contribution is 6.00. The molecule has 7 heteroatoms. The molecule has 0 unspecified atom stereocenters. The molecule has 0 radical (unpaired) electrons. The molecular formula is C11H14N4O3. The fourth-order valence-electron chi connectivity index (χ4n) is 1.85. The fraction of sp³-hybridized carbons (Fsp3) is 0.364. The van der Waals surface area contributed by atoms with Gasteiger partial charge in [0.2, 0.25) is 0 Å². The lowest BCUT2D eigenvalue weighted by Crippen LogP contribution is -2.29. The number of nitro groups is 1. The van der Waals surface area contributed by atoms with E-state index < -0.39 is 4.92 Å². The summed E-state index contributed by atoms with van der Waals surface area (Å²) >= 11 is 0. The SMILES string of the molecule is CN(C(=O)c1cccc(NN)c1[N+](=O)[O-])C1CC1. The largest absolute Gasteiger partial charge is 0.339 e. The molecule has 1 aromatic carbocycles. The van der Waals surface area contributed by atoms with Crippen LogP contribution in [0.15, 0.2) is 18.2 Å². The maximum atomic E-state index is 12.2. The molecule has 1 aliphatic carbocycles. The Morgan fingerprint density at radius 1 is 1.56 bits per heavy atom. The Morgan fingerprint density at radius 2 is 2.22 bits per heavy atom. The molecule has 7 nitrogen and oxygen atoms in total. The third-order valence-corrected chi connectivity index (χ3v) is 3.02. The zero-order chi connectivity index (χ0) is 13.3. The lowest BCUT2D eigenvalue weighted by atomic mass is 10.1. The Kier molecular flexibility index (Phi) is 3.15. The van der Waals surface area contributed by atoms with E-state index in [1.54, 1.807) is 18.0 Å². The summed E-state index contributed by atoms with van der Waals surface area (Å²) in [7, 11) is 1.66. The van der Waals surface area contributed by atoms with Crippen LogP contribution in [0.2, 0.25) is 0 Å². The molecule has 0 spiro atoms. The quantitative estimate of drug-likeness (QED) is 0.473. The van der Waals surface area contributed by atoms with Gasteiger partial charge < -0.3 is 10.3 Å². The number of rotatable bonds is 4. The number of hydrogen-bond acceptors (Lipinski definition) is 5. The lowest BCUT2D eigenvalue weighted by molar-refractivity contribution is -0.384. The van der Waals surface area contributed by atoms with Gasteiger partial charge >= 0.3 is 5.69 Å². The van der Waals surface area contributed by atoms with Crippen molar-refractivity contribution in [1.29, 1.82) is 0 Å². The summed E-state index contributed by atoms with van der Waals surface area (Å²) < 4.78 is 0. The van der Waals surface area contributed by atoms with Crippen molar-refractivity contribution in [3.05, 3.63) is 33.9 Å². The minimum Gasteiger partial charge on any atom is -0.339 e. The number of hydrazine groups is 1. The first kappa shape index (κ1) is 12.3. The van der Waals surface area contributed by atoms with Crippen molar-refractivity contribution in [2.75, 3.05) is 12.5 Å². The lowest BCUT2D eigenvalue weighted by Gasteiger charge is -2.16. The van der Waals surface area contributed by atoms with Crippen molar-refractivity contribution in [3.8, 4) is 0 Å². The number of benzene rings is 1. The number of amides is 1. The second-order valence-corrected chi connectivity index (χ2v) is 4.25. The number of para-hydroxylation sites is 1. The minimum atomic E-state index is -0.594. The Morgan fingerprint density at radius 3 is 2.72 bits per heavy atom. The molecule has 1 aromatic rings. The third-order valence-electron chi connectivity index (χ3n) is 3.02. The van der Waals surface area contributed by atoms with Crippen LogP contribution in [0, 0.1) is 10.1 Å². The molecule has 1 amide bonds. The number of carbonyl (C=O) groups is 1. The number of anilines is 1. The van der Waals surface area contributed by atoms with Gasteiger partial charge in [0.05, 0.1) is 4.92 Å². The van der Waals surface area contributed by atoms with Gasteiger partial charge in [-0.3, -0.25) is 20.8 Å². The number of nitrogens with one attached hydrogen (secondary N) is 1. The highest BCUT2D eigenvalue weighted by atomic mass is 16.6. The van der Waals surface area contributed by atoms with Crippen LogP contribution in [0.25, 0.3) is 0 Å². The van der Waals surface area contributed by atoms with E-state index in [0.717, 1.165) is 12.8 Å². The molecule has 3 N–H and O–H groups in total. The van der Waals surface area contributed by atoms with E-state index in [1.807, 2.05) is 0 Å². The van der Waals surface area contributed by atoms with Crippen LogP contribution in [-0.2, 0) is 0 Å². The maximum Gasteiger partial charge on any atom is 0.306 e. The minimum absolute atomic E-state index is 0.0600. The van der Waals surface area contributed by atoms with Crippen LogP contribution in [0.1, 0.15) is 23.2 Å². The normalized spacial score (nSPS) is 14.1. The van der Waals surface area contributed by atoms with Crippen molar-refractivity contribution < 1.29 is 9.72 Å². The Bertz CT molecular complexity index is 499. The van der Waals surface area contributed by atoms with Crippen LogP contribution in [-0.4, -0.2) is 28.8 Å². The van der Waals surface area contributed by atoms with Gasteiger partial charge in [-0.05, 0) is 25.0 Å². The van der Waals surface area contributed by atoms with Crippen LogP contribution in [0.5, 0.6) is 0 Å². The Labute approximate surface area is 104 Å². The number of carbonyl (C=O) groups excluding carboxylic acids is 1. The van der Waals surface area contributed by atoms with Gasteiger partial charge in [-0.2, -0.15) is 0 Å². The van der Waals surface area contributed by atoms with Gasteiger partial charge in [0, 0.05) is 13.1 Å². The topological polar surface area (TPSA) is 102 Å². The predicted molar refractivity (Wildman–Crippen MR) is 66.0 cm³/mol. The first-order valence-corrected chi connectivity index (χ1v) is 5.57. The van der Waals surface area contributed by atoms with Crippen LogP contribution >= 0.6 is 0 Å². The molecule has 0 aromatic heterocycles. The average Bonchev–Trinajstić information content (AvgIpc) is 3.20. The summed E-state index contributed by atoms with van der Waals surface area (Å²) in [6.45, 7) is 0. The van der Waals surface area contributed by atoms with Gasteiger partial charge in [-0.25, -0.2) is 0 Å². The molecule has 1 saturated carbocycles. The third kappa shape index (κ3) is 2.12. The zero-order valence-corrected chi connectivity index (χ0v) is 9.92. The van der Waals surface area contributed by atoms with Gasteiger partial charge in [0.15, 0.2) is 0 Å². The zero-order valence-electron chi connectivity index (χ0n) is 9.92. The predicted octanol–water partition coefficient (Wildman–Crippen LogP) is 1.11. The van der Waals surface area contributed by atoms with Crippen LogP contribution in [0.4, 0.5) is 11.4 Å². The number of nitrogens with two attached hydrogens (primary N) is 1. The molecule has 0 heterocycles. The van der Waals surface area contributed by atoms with Crippen molar-refractivity contribution >= 4 is 17.3 Å². The molecule has 0 bridgehead atoms. The molecule has 2 rings (SSSR count). The van der Waals surface area contributed by atoms with Gasteiger partial charge in [-0.15, -0.1) is 0 Å². The molecule has 0 saturated heterocycles. The molecular weight excluding hydrogens is 236 g/mol. The number of hydrogen-bond donors (Lipinski definition) is 2. The highest BCUT2D eigenvalue weighted by Gasteiger charge is 2.33. The smallest absolute Gasteiger partial charge is 0.306 e. The summed E-state index contributed by atoms with van der Waals surface area (Å²) in [5, 5.41) is 11.1. The summed E-state index contributed by atoms with van der Waals surface area (Å²) in [4.78, 5) is 24.2. The molecule has 1 aliphatic rings. The summed E-state index contributed by atoms with van der Waals surface area (Å²) in [5.74, 6) is 4.88. The number of nitro benzene ring substituents is 1. The van der Waals surface area contributed by atoms with Crippen molar-refractivity contribution in [3.63, 3.8) is 0 Å². The Balaban J connectivity index is 2.42. The van der Waals surface area contributed by atoms with Crippen molar-refractivity contribution in [2.24, 2.45) is 5.84 Å². The van der Waals surface area contributed by atoms with Gasteiger partial charge in [0.1, 0.15) is 11.3 Å². The van der Waals surface area contributed by atoms with Crippen LogP contribution in [0.3, 0.4) is 0 Å². The standard InChI is InChI=1S/C11H14N4O3/c1-14(7-5-6-7)11(16)8-3-2-4-9(13-12)10(8)15(17)18/h2-4,7,13H,5-6,12H2,1H3. The first-order valence-electron chi connectivity index (χ1n) is 5.57. The summed E-state index contributed by atoms with van der Waals surface area (Å²) in [6, 6.07) is 4.68. The van der Waals surface area contributed by atoms with E-state index in [4.69, 9.17) is 5.84 Å². The average molecular weight is 250 g/mol. The van der Waals surface area contributed by atoms with Gasteiger partial charge in [0.25, 0.3) is 5.91 Å². The summed E-state index contributed by atoms with van der Waals surface area (Å²) in [5.41, 5.74) is 2.16. The molecule has 18 heavy (non-hydrogen) atoms. The van der Waals surface area contributed by atoms with E-state index in [2.05, 4.69) is 5.43 Å². The second-order valence-electron chi connectivity index (χ2n) is 4.25. The first-order chi connectivity index (χ1) is 8.56. The van der Waals surface area contributed by atoms with E-state index in [0.29, 0.717) is 0 Å². The van der Waals surface area contributed by atoms with Crippen LogP contribution < -0.4 is 11.3 Å². The fourth-order valence-corrected chi connectivity index (χ4v) is 1.85.